The molecule has 3 heteroatoms. The van der Waals surface area contributed by atoms with Gasteiger partial charge in [0, 0.05) is 12.0 Å². The summed E-state index contributed by atoms with van der Waals surface area (Å²) in [4.78, 5) is 14.9. The van der Waals surface area contributed by atoms with Gasteiger partial charge in [-0.05, 0) is 68.7 Å². The smallest absolute Gasteiger partial charge is 0.411 e. The van der Waals surface area contributed by atoms with Crippen LogP contribution in [0.1, 0.15) is 63.5 Å². The Kier molecular flexibility index (Phi) is 4.31. The molecule has 3 aliphatic rings. The minimum atomic E-state index is -0.460. The third-order valence-corrected chi connectivity index (χ3v) is 6.47. The number of nitrogens with zero attached hydrogens (tertiary/aromatic N) is 1. The van der Waals surface area contributed by atoms with Gasteiger partial charge in [-0.25, -0.2) is 4.79 Å². The topological polar surface area (TPSA) is 29.5 Å². The molecule has 150 valence electrons. The van der Waals surface area contributed by atoms with Crippen molar-refractivity contribution in [3.8, 4) is 11.1 Å². The molecule has 2 unspecified atom stereocenters. The summed E-state index contributed by atoms with van der Waals surface area (Å²) in [6.07, 6.45) is 6.41. The van der Waals surface area contributed by atoms with Crippen molar-refractivity contribution >= 4 is 6.09 Å². The van der Waals surface area contributed by atoms with Gasteiger partial charge in [0.1, 0.15) is 5.60 Å². The SMILES string of the molecule is CC(C)(C)OC(=O)N1C2C=C(C3c4ccccc4-c4ccccc43)CC1CCC2. The van der Waals surface area contributed by atoms with E-state index in [1.165, 1.54) is 34.2 Å². The van der Waals surface area contributed by atoms with Crippen molar-refractivity contribution in [1.29, 1.82) is 0 Å². The van der Waals surface area contributed by atoms with E-state index in [1.54, 1.807) is 0 Å². The first kappa shape index (κ1) is 18.5. The first-order valence-electron chi connectivity index (χ1n) is 10.8. The van der Waals surface area contributed by atoms with Gasteiger partial charge < -0.3 is 4.74 Å². The lowest BCUT2D eigenvalue weighted by Crippen LogP contribution is -2.53. The number of benzene rings is 2. The van der Waals surface area contributed by atoms with Crippen molar-refractivity contribution in [2.45, 2.75) is 70.1 Å². The van der Waals surface area contributed by atoms with Crippen LogP contribution in [0, 0.1) is 0 Å². The van der Waals surface area contributed by atoms with Gasteiger partial charge in [0.05, 0.1) is 6.04 Å². The largest absolute Gasteiger partial charge is 0.444 e. The molecule has 0 aromatic heterocycles. The van der Waals surface area contributed by atoms with Gasteiger partial charge in [0.25, 0.3) is 0 Å². The van der Waals surface area contributed by atoms with Crippen LogP contribution in [0.4, 0.5) is 4.79 Å². The molecule has 2 bridgehead atoms. The number of carbonyl (C=O) groups is 1. The van der Waals surface area contributed by atoms with Crippen LogP contribution in [-0.4, -0.2) is 28.7 Å². The summed E-state index contributed by atoms with van der Waals surface area (Å²) in [5.74, 6) is 0.311. The first-order valence-corrected chi connectivity index (χ1v) is 10.8. The highest BCUT2D eigenvalue weighted by Crippen LogP contribution is 2.51. The van der Waals surface area contributed by atoms with E-state index in [0.717, 1.165) is 19.3 Å². The van der Waals surface area contributed by atoms with Gasteiger partial charge in [-0.1, -0.05) is 60.2 Å². The molecular weight excluding hydrogens is 358 g/mol. The summed E-state index contributed by atoms with van der Waals surface area (Å²) >= 11 is 0. The number of ether oxygens (including phenoxy) is 1. The summed E-state index contributed by atoms with van der Waals surface area (Å²) in [5, 5.41) is 0. The monoisotopic (exact) mass is 387 g/mol. The van der Waals surface area contributed by atoms with E-state index in [1.807, 2.05) is 25.7 Å². The third-order valence-electron chi connectivity index (χ3n) is 6.47. The Balaban J connectivity index is 1.53. The first-order chi connectivity index (χ1) is 13.9. The molecule has 2 aliphatic heterocycles. The average molecular weight is 388 g/mol. The standard InChI is InChI=1S/C26H29NO2/c1-26(2,3)29-25(28)27-18-9-8-10-19(27)16-17(15-18)24-22-13-6-4-11-20(22)21-12-5-7-14-23(21)24/h4-7,11-15,18-19,24H,8-10,16H2,1-3H3. The highest BCUT2D eigenvalue weighted by molar-refractivity contribution is 5.80. The normalized spacial score (nSPS) is 23.3. The number of fused-ring (bicyclic) bond motifs is 5. The molecule has 0 radical (unpaired) electrons. The maximum atomic E-state index is 12.9. The lowest BCUT2D eigenvalue weighted by Gasteiger charge is -2.46. The fourth-order valence-corrected chi connectivity index (χ4v) is 5.43. The van der Waals surface area contributed by atoms with Crippen molar-refractivity contribution in [3.63, 3.8) is 0 Å². The lowest BCUT2D eigenvalue weighted by atomic mass is 9.78. The Bertz CT molecular complexity index is 939. The van der Waals surface area contributed by atoms with Crippen LogP contribution < -0.4 is 0 Å². The molecule has 0 saturated carbocycles. The van der Waals surface area contributed by atoms with Crippen molar-refractivity contribution in [1.82, 2.24) is 4.90 Å². The van der Waals surface area contributed by atoms with Crippen molar-refractivity contribution < 1.29 is 9.53 Å². The Labute approximate surface area is 173 Å². The van der Waals surface area contributed by atoms with Gasteiger partial charge >= 0.3 is 6.09 Å². The molecule has 0 N–H and O–H groups in total. The number of carbonyl (C=O) groups excluding carboxylic acids is 1. The Morgan fingerprint density at radius 1 is 0.966 bits per heavy atom. The summed E-state index contributed by atoms with van der Waals surface area (Å²) in [6.45, 7) is 5.83. The van der Waals surface area contributed by atoms with E-state index in [0.29, 0.717) is 5.92 Å². The second-order valence-electron chi connectivity index (χ2n) is 9.59. The number of hydrogen-bond acceptors (Lipinski definition) is 2. The number of rotatable bonds is 1. The van der Waals surface area contributed by atoms with Crippen LogP contribution in [0.15, 0.2) is 60.2 Å². The molecule has 1 aliphatic carbocycles. The van der Waals surface area contributed by atoms with Crippen molar-refractivity contribution in [2.24, 2.45) is 0 Å². The van der Waals surface area contributed by atoms with Crippen LogP contribution in [0.5, 0.6) is 0 Å². The maximum Gasteiger partial charge on any atom is 0.411 e. The molecule has 2 aromatic rings. The summed E-state index contributed by atoms with van der Waals surface area (Å²) in [6, 6.07) is 18.0. The van der Waals surface area contributed by atoms with Gasteiger partial charge in [0.2, 0.25) is 0 Å². The zero-order chi connectivity index (χ0) is 20.2. The zero-order valence-electron chi connectivity index (χ0n) is 17.5. The number of hydrogen-bond donors (Lipinski definition) is 0. The van der Waals surface area contributed by atoms with Gasteiger partial charge in [0.15, 0.2) is 0 Å². The van der Waals surface area contributed by atoms with Crippen molar-refractivity contribution in [3.05, 3.63) is 71.3 Å². The molecular formula is C26H29NO2. The zero-order valence-corrected chi connectivity index (χ0v) is 17.5. The predicted molar refractivity (Wildman–Crippen MR) is 116 cm³/mol. The molecule has 1 saturated heterocycles. The van der Waals surface area contributed by atoms with Crippen LogP contribution in [-0.2, 0) is 4.74 Å². The summed E-state index contributed by atoms with van der Waals surface area (Å²) in [5.41, 5.74) is 6.53. The van der Waals surface area contributed by atoms with Crippen LogP contribution in [0.2, 0.25) is 0 Å². The third kappa shape index (κ3) is 3.17. The maximum absolute atomic E-state index is 12.9. The van der Waals surface area contributed by atoms with Crippen molar-refractivity contribution in [2.75, 3.05) is 0 Å². The second-order valence-corrected chi connectivity index (χ2v) is 9.59. The average Bonchev–Trinajstić information content (AvgIpc) is 3.00. The molecule has 29 heavy (non-hydrogen) atoms. The van der Waals surface area contributed by atoms with E-state index < -0.39 is 5.60 Å². The van der Waals surface area contributed by atoms with Crippen LogP contribution in [0.3, 0.4) is 0 Å². The quantitative estimate of drug-likeness (QED) is 0.538. The molecule has 2 atom stereocenters. The highest BCUT2D eigenvalue weighted by Gasteiger charge is 2.42. The second kappa shape index (κ2) is 6.76. The molecule has 0 spiro atoms. The minimum absolute atomic E-state index is 0.146. The minimum Gasteiger partial charge on any atom is -0.444 e. The van der Waals surface area contributed by atoms with Gasteiger partial charge in [-0.3, -0.25) is 4.90 Å². The van der Waals surface area contributed by atoms with Gasteiger partial charge in [-0.15, -0.1) is 0 Å². The highest BCUT2D eigenvalue weighted by atomic mass is 16.6. The van der Waals surface area contributed by atoms with E-state index in [4.69, 9.17) is 4.74 Å². The van der Waals surface area contributed by atoms with E-state index in [2.05, 4.69) is 54.6 Å². The van der Waals surface area contributed by atoms with E-state index >= 15 is 0 Å². The molecule has 2 heterocycles. The summed E-state index contributed by atoms with van der Waals surface area (Å²) in [7, 11) is 0. The molecule has 2 aromatic carbocycles. The predicted octanol–water partition coefficient (Wildman–Crippen LogP) is 6.29. The molecule has 1 fully saturated rings. The molecule has 5 rings (SSSR count). The molecule has 1 amide bonds. The van der Waals surface area contributed by atoms with Crippen LogP contribution >= 0.6 is 0 Å². The number of piperidine rings is 1. The van der Waals surface area contributed by atoms with E-state index in [9.17, 15) is 4.79 Å². The van der Waals surface area contributed by atoms with Gasteiger partial charge in [-0.2, -0.15) is 0 Å². The fraction of sp³-hybridized carbons (Fsp3) is 0.423. The Morgan fingerprint density at radius 2 is 1.59 bits per heavy atom. The molecule has 3 nitrogen and oxygen atoms in total. The lowest BCUT2D eigenvalue weighted by molar-refractivity contribution is -0.00163. The number of amides is 1. The Hall–Kier alpha value is -2.55. The fourth-order valence-electron chi connectivity index (χ4n) is 5.43. The van der Waals surface area contributed by atoms with E-state index in [-0.39, 0.29) is 18.2 Å². The van der Waals surface area contributed by atoms with Crippen LogP contribution in [0.25, 0.3) is 11.1 Å². The summed E-state index contributed by atoms with van der Waals surface area (Å²) < 4.78 is 5.74. The Morgan fingerprint density at radius 3 is 2.17 bits per heavy atom.